The summed E-state index contributed by atoms with van der Waals surface area (Å²) in [4.78, 5) is 10.0. The fraction of sp³-hybridized carbons (Fsp3) is 0.300. The van der Waals surface area contributed by atoms with Crippen molar-refractivity contribution in [3.8, 4) is 0 Å². The molecule has 0 amide bonds. The van der Waals surface area contributed by atoms with Crippen LogP contribution in [0.2, 0.25) is 0 Å². The third kappa shape index (κ3) is 2.86. The molecule has 1 rings (SSSR count). The SMILES string of the molecule is CCC[CH]c1cccc([N+](=O)[O-])c1. The van der Waals surface area contributed by atoms with Crippen LogP contribution >= 0.6 is 0 Å². The molecule has 0 saturated carbocycles. The number of benzene rings is 1. The molecule has 1 aromatic carbocycles. The Bertz CT molecular complexity index is 297. The van der Waals surface area contributed by atoms with Crippen LogP contribution in [-0.4, -0.2) is 4.92 Å². The van der Waals surface area contributed by atoms with E-state index in [1.165, 1.54) is 6.07 Å². The normalized spacial score (nSPS) is 9.92. The number of hydrogen-bond donors (Lipinski definition) is 0. The van der Waals surface area contributed by atoms with E-state index in [0.29, 0.717) is 0 Å². The third-order valence-corrected chi connectivity index (χ3v) is 1.75. The van der Waals surface area contributed by atoms with Gasteiger partial charge in [-0.2, -0.15) is 0 Å². The van der Waals surface area contributed by atoms with Gasteiger partial charge in [0, 0.05) is 12.1 Å². The van der Waals surface area contributed by atoms with Gasteiger partial charge < -0.3 is 0 Å². The summed E-state index contributed by atoms with van der Waals surface area (Å²) in [6, 6.07) is 6.68. The predicted octanol–water partition coefficient (Wildman–Crippen LogP) is 2.95. The predicted molar refractivity (Wildman–Crippen MR) is 51.4 cm³/mol. The molecule has 0 aliphatic rings. The number of nitrogens with zero attached hydrogens (tertiary/aromatic N) is 1. The van der Waals surface area contributed by atoms with Gasteiger partial charge in [-0.25, -0.2) is 0 Å². The quantitative estimate of drug-likeness (QED) is 0.525. The lowest BCUT2D eigenvalue weighted by atomic mass is 10.1. The van der Waals surface area contributed by atoms with Gasteiger partial charge in [-0.05, 0) is 18.4 Å². The minimum atomic E-state index is -0.372. The number of nitro groups is 1. The lowest BCUT2D eigenvalue weighted by Gasteiger charge is -1.98. The van der Waals surface area contributed by atoms with Crippen LogP contribution in [0.1, 0.15) is 25.3 Å². The second kappa shape index (κ2) is 4.60. The molecule has 0 unspecified atom stereocenters. The van der Waals surface area contributed by atoms with Crippen LogP contribution in [0.3, 0.4) is 0 Å². The van der Waals surface area contributed by atoms with E-state index in [4.69, 9.17) is 0 Å². The molecule has 3 heteroatoms. The van der Waals surface area contributed by atoms with Crippen LogP contribution in [-0.2, 0) is 0 Å². The first kappa shape index (κ1) is 9.71. The van der Waals surface area contributed by atoms with E-state index in [-0.39, 0.29) is 10.6 Å². The molecule has 0 aliphatic heterocycles. The third-order valence-electron chi connectivity index (χ3n) is 1.75. The summed E-state index contributed by atoms with van der Waals surface area (Å²) in [6.45, 7) is 2.08. The lowest BCUT2D eigenvalue weighted by Crippen LogP contribution is -1.89. The summed E-state index contributed by atoms with van der Waals surface area (Å²) in [5.41, 5.74) is 1.08. The lowest BCUT2D eigenvalue weighted by molar-refractivity contribution is -0.384. The highest BCUT2D eigenvalue weighted by molar-refractivity contribution is 5.37. The number of rotatable bonds is 4. The van der Waals surface area contributed by atoms with Crippen molar-refractivity contribution < 1.29 is 4.92 Å². The smallest absolute Gasteiger partial charge is 0.258 e. The Morgan fingerprint density at radius 3 is 2.92 bits per heavy atom. The molecule has 0 saturated heterocycles. The molecule has 1 aromatic rings. The van der Waals surface area contributed by atoms with Crippen LogP contribution in [0.15, 0.2) is 24.3 Å². The topological polar surface area (TPSA) is 43.1 Å². The van der Waals surface area contributed by atoms with E-state index in [9.17, 15) is 10.1 Å². The van der Waals surface area contributed by atoms with Crippen LogP contribution in [0.4, 0.5) is 5.69 Å². The minimum Gasteiger partial charge on any atom is -0.258 e. The summed E-state index contributed by atoms with van der Waals surface area (Å²) in [5.74, 6) is 0. The molecular formula is C10H12NO2. The van der Waals surface area contributed by atoms with Gasteiger partial charge in [0.25, 0.3) is 5.69 Å². The van der Waals surface area contributed by atoms with E-state index >= 15 is 0 Å². The molecule has 13 heavy (non-hydrogen) atoms. The molecule has 0 bridgehead atoms. The molecule has 0 spiro atoms. The van der Waals surface area contributed by atoms with Crippen molar-refractivity contribution >= 4 is 5.69 Å². The Hall–Kier alpha value is -1.38. The molecule has 0 fully saturated rings. The number of nitro benzene ring substituents is 1. The van der Waals surface area contributed by atoms with Crippen molar-refractivity contribution in [3.05, 3.63) is 46.4 Å². The van der Waals surface area contributed by atoms with Crippen molar-refractivity contribution in [1.29, 1.82) is 0 Å². The Kier molecular flexibility index (Phi) is 3.43. The van der Waals surface area contributed by atoms with Crippen molar-refractivity contribution in [2.24, 2.45) is 0 Å². The number of hydrogen-bond acceptors (Lipinski definition) is 2. The summed E-state index contributed by atoms with van der Waals surface area (Å²) in [5, 5.41) is 10.4. The molecule has 69 valence electrons. The maximum absolute atomic E-state index is 10.4. The first-order valence-electron chi connectivity index (χ1n) is 4.31. The van der Waals surface area contributed by atoms with Crippen molar-refractivity contribution in [2.75, 3.05) is 0 Å². The van der Waals surface area contributed by atoms with E-state index in [1.807, 2.05) is 12.5 Å². The van der Waals surface area contributed by atoms with Gasteiger partial charge in [0.15, 0.2) is 0 Å². The van der Waals surface area contributed by atoms with Gasteiger partial charge >= 0.3 is 0 Å². The zero-order valence-electron chi connectivity index (χ0n) is 7.56. The monoisotopic (exact) mass is 178 g/mol. The van der Waals surface area contributed by atoms with Crippen molar-refractivity contribution in [1.82, 2.24) is 0 Å². The molecular weight excluding hydrogens is 166 g/mol. The van der Waals surface area contributed by atoms with Gasteiger partial charge in [0.05, 0.1) is 4.92 Å². The molecule has 0 aromatic heterocycles. The Labute approximate surface area is 77.5 Å². The minimum absolute atomic E-state index is 0.157. The van der Waals surface area contributed by atoms with E-state index in [1.54, 1.807) is 12.1 Å². The first-order valence-corrected chi connectivity index (χ1v) is 4.31. The second-order valence-electron chi connectivity index (χ2n) is 2.84. The first-order chi connectivity index (χ1) is 6.24. The standard InChI is InChI=1S/C10H12NO2/c1-2-3-5-9-6-4-7-10(8-9)11(12)13/h4-8H,2-3H2,1H3. The fourth-order valence-electron chi connectivity index (χ4n) is 1.08. The van der Waals surface area contributed by atoms with Crippen LogP contribution < -0.4 is 0 Å². The van der Waals surface area contributed by atoms with Gasteiger partial charge in [-0.3, -0.25) is 10.1 Å². The van der Waals surface area contributed by atoms with E-state index in [2.05, 4.69) is 6.92 Å². The van der Waals surface area contributed by atoms with Gasteiger partial charge in [0.1, 0.15) is 0 Å². The molecule has 0 atom stereocenters. The molecule has 3 nitrogen and oxygen atoms in total. The van der Waals surface area contributed by atoms with Crippen LogP contribution in [0.5, 0.6) is 0 Å². The van der Waals surface area contributed by atoms with Gasteiger partial charge in [-0.1, -0.05) is 25.5 Å². The molecule has 1 radical (unpaired) electrons. The van der Waals surface area contributed by atoms with E-state index < -0.39 is 0 Å². The number of non-ortho nitro benzene ring substituents is 1. The zero-order valence-corrected chi connectivity index (χ0v) is 7.56. The molecule has 0 heterocycles. The Morgan fingerprint density at radius 2 is 2.31 bits per heavy atom. The van der Waals surface area contributed by atoms with Gasteiger partial charge in [0.2, 0.25) is 0 Å². The summed E-state index contributed by atoms with van der Waals surface area (Å²) >= 11 is 0. The maximum Gasteiger partial charge on any atom is 0.269 e. The highest BCUT2D eigenvalue weighted by Gasteiger charge is 2.04. The number of unbranched alkanes of at least 4 members (excludes halogenated alkanes) is 1. The zero-order chi connectivity index (χ0) is 9.68. The summed E-state index contributed by atoms with van der Waals surface area (Å²) in [7, 11) is 0. The van der Waals surface area contributed by atoms with Crippen LogP contribution in [0, 0.1) is 16.5 Å². The maximum atomic E-state index is 10.4. The van der Waals surface area contributed by atoms with Gasteiger partial charge in [-0.15, -0.1) is 0 Å². The fourth-order valence-corrected chi connectivity index (χ4v) is 1.08. The largest absolute Gasteiger partial charge is 0.269 e. The Morgan fingerprint density at radius 1 is 1.54 bits per heavy atom. The second-order valence-corrected chi connectivity index (χ2v) is 2.84. The highest BCUT2D eigenvalue weighted by atomic mass is 16.6. The summed E-state index contributed by atoms with van der Waals surface area (Å²) < 4.78 is 0. The van der Waals surface area contributed by atoms with Crippen molar-refractivity contribution in [3.63, 3.8) is 0 Å². The molecule has 0 aliphatic carbocycles. The average Bonchev–Trinajstić information content (AvgIpc) is 2.15. The summed E-state index contributed by atoms with van der Waals surface area (Å²) in [6.07, 6.45) is 4.02. The van der Waals surface area contributed by atoms with Crippen molar-refractivity contribution in [2.45, 2.75) is 19.8 Å². The highest BCUT2D eigenvalue weighted by Crippen LogP contribution is 2.15. The average molecular weight is 178 g/mol. The Balaban J connectivity index is 2.73. The van der Waals surface area contributed by atoms with E-state index in [0.717, 1.165) is 18.4 Å². The van der Waals surface area contributed by atoms with Crippen LogP contribution in [0.25, 0.3) is 0 Å². The molecule has 0 N–H and O–H groups in total.